The van der Waals surface area contributed by atoms with Crippen molar-refractivity contribution in [3.8, 4) is 0 Å². The van der Waals surface area contributed by atoms with Crippen LogP contribution in [-0.2, 0) is 9.53 Å². The van der Waals surface area contributed by atoms with Gasteiger partial charge in [-0.15, -0.1) is 0 Å². The number of carbonyl (C=O) groups excluding carboxylic acids is 1. The molecule has 1 fully saturated rings. The number of cyclic esters (lactones) is 1. The van der Waals surface area contributed by atoms with Gasteiger partial charge in [0.15, 0.2) is 0 Å². The second-order valence-corrected chi connectivity index (χ2v) is 4.45. The molecule has 0 aromatic heterocycles. The highest BCUT2D eigenvalue weighted by Gasteiger charge is 2.41. The average Bonchev–Trinajstić information content (AvgIpc) is 2.08. The van der Waals surface area contributed by atoms with Gasteiger partial charge >= 0.3 is 5.97 Å². The molecule has 2 unspecified atom stereocenters. The highest BCUT2D eigenvalue weighted by Crippen LogP contribution is 2.36. The van der Waals surface area contributed by atoms with E-state index in [0.29, 0.717) is 12.5 Å². The Labute approximate surface area is 67.9 Å². The first-order chi connectivity index (χ1) is 4.93. The van der Waals surface area contributed by atoms with Gasteiger partial charge in [0.05, 0.1) is 12.5 Å². The van der Waals surface area contributed by atoms with E-state index < -0.39 is 0 Å². The van der Waals surface area contributed by atoms with Crippen molar-refractivity contribution in [2.24, 2.45) is 17.3 Å². The van der Waals surface area contributed by atoms with Gasteiger partial charge in [0.1, 0.15) is 0 Å². The SMILES string of the molecule is CC1COC(=O)C1C(C)(C)C. The third kappa shape index (κ3) is 1.55. The molecule has 1 saturated heterocycles. The zero-order valence-corrected chi connectivity index (χ0v) is 7.68. The molecule has 0 saturated carbocycles. The van der Waals surface area contributed by atoms with E-state index in [1.165, 1.54) is 0 Å². The Morgan fingerprint density at radius 2 is 2.00 bits per heavy atom. The lowest BCUT2D eigenvalue weighted by molar-refractivity contribution is -0.143. The Kier molecular flexibility index (Phi) is 1.95. The summed E-state index contributed by atoms with van der Waals surface area (Å²) in [5.41, 5.74) is 0.0486. The standard InChI is InChI=1S/C9H16O2/c1-6-5-11-8(10)7(6)9(2,3)4/h6-7H,5H2,1-4H3. The largest absolute Gasteiger partial charge is 0.465 e. The predicted molar refractivity (Wildman–Crippen MR) is 43.1 cm³/mol. The molecular formula is C9H16O2. The summed E-state index contributed by atoms with van der Waals surface area (Å²) in [5, 5.41) is 0. The first kappa shape index (κ1) is 8.57. The van der Waals surface area contributed by atoms with Crippen molar-refractivity contribution in [1.29, 1.82) is 0 Å². The summed E-state index contributed by atoms with van der Waals surface area (Å²) in [6.45, 7) is 8.92. The van der Waals surface area contributed by atoms with Gasteiger partial charge in [-0.25, -0.2) is 0 Å². The summed E-state index contributed by atoms with van der Waals surface area (Å²) in [7, 11) is 0. The van der Waals surface area contributed by atoms with Crippen LogP contribution in [0.15, 0.2) is 0 Å². The second kappa shape index (κ2) is 2.50. The van der Waals surface area contributed by atoms with E-state index in [2.05, 4.69) is 27.7 Å². The van der Waals surface area contributed by atoms with Crippen molar-refractivity contribution >= 4 is 5.97 Å². The van der Waals surface area contributed by atoms with E-state index >= 15 is 0 Å². The van der Waals surface area contributed by atoms with Crippen LogP contribution in [0, 0.1) is 17.3 Å². The van der Waals surface area contributed by atoms with E-state index in [4.69, 9.17) is 4.74 Å². The molecule has 2 nitrogen and oxygen atoms in total. The molecule has 1 aliphatic heterocycles. The van der Waals surface area contributed by atoms with Gasteiger partial charge in [0, 0.05) is 5.92 Å². The minimum atomic E-state index is -0.0231. The van der Waals surface area contributed by atoms with Crippen LogP contribution in [0.3, 0.4) is 0 Å². The molecule has 1 rings (SSSR count). The minimum absolute atomic E-state index is 0.0231. The van der Waals surface area contributed by atoms with Crippen LogP contribution >= 0.6 is 0 Å². The summed E-state index contributed by atoms with van der Waals surface area (Å²) >= 11 is 0. The molecule has 64 valence electrons. The summed E-state index contributed by atoms with van der Waals surface area (Å²) in [6, 6.07) is 0. The van der Waals surface area contributed by atoms with Gasteiger partial charge in [0.25, 0.3) is 0 Å². The van der Waals surface area contributed by atoms with Crippen LogP contribution in [0.1, 0.15) is 27.7 Å². The highest BCUT2D eigenvalue weighted by atomic mass is 16.5. The summed E-state index contributed by atoms with van der Waals surface area (Å²) < 4.78 is 4.97. The van der Waals surface area contributed by atoms with E-state index in [1.54, 1.807) is 0 Å². The van der Waals surface area contributed by atoms with Gasteiger partial charge < -0.3 is 4.74 Å². The van der Waals surface area contributed by atoms with Crippen LogP contribution in [-0.4, -0.2) is 12.6 Å². The van der Waals surface area contributed by atoms with Crippen molar-refractivity contribution in [3.63, 3.8) is 0 Å². The third-order valence-corrected chi connectivity index (χ3v) is 2.24. The van der Waals surface area contributed by atoms with Crippen molar-refractivity contribution in [2.75, 3.05) is 6.61 Å². The number of ether oxygens (including phenoxy) is 1. The van der Waals surface area contributed by atoms with Crippen LogP contribution in [0.2, 0.25) is 0 Å². The van der Waals surface area contributed by atoms with Gasteiger partial charge in [-0.1, -0.05) is 27.7 Å². The van der Waals surface area contributed by atoms with Gasteiger partial charge in [-0.2, -0.15) is 0 Å². The summed E-state index contributed by atoms with van der Waals surface area (Å²) in [6.07, 6.45) is 0. The molecule has 2 atom stereocenters. The Morgan fingerprint density at radius 3 is 2.18 bits per heavy atom. The molecule has 0 radical (unpaired) electrons. The maximum atomic E-state index is 11.2. The summed E-state index contributed by atoms with van der Waals surface area (Å²) in [5.74, 6) is 0.440. The van der Waals surface area contributed by atoms with Crippen LogP contribution in [0.25, 0.3) is 0 Å². The topological polar surface area (TPSA) is 26.3 Å². The normalized spacial score (nSPS) is 32.2. The number of esters is 1. The molecule has 1 aliphatic rings. The van der Waals surface area contributed by atoms with Crippen molar-refractivity contribution in [2.45, 2.75) is 27.7 Å². The quantitative estimate of drug-likeness (QED) is 0.500. The van der Waals surface area contributed by atoms with Gasteiger partial charge in [-0.05, 0) is 5.41 Å². The smallest absolute Gasteiger partial charge is 0.309 e. The van der Waals surface area contributed by atoms with Crippen molar-refractivity contribution < 1.29 is 9.53 Å². The lowest BCUT2D eigenvalue weighted by atomic mass is 9.75. The molecule has 1 heterocycles. The fourth-order valence-corrected chi connectivity index (χ4v) is 1.84. The molecule has 0 amide bonds. The molecular weight excluding hydrogens is 140 g/mol. The number of hydrogen-bond acceptors (Lipinski definition) is 2. The Bertz CT molecular complexity index is 167. The molecule has 0 aromatic rings. The first-order valence-corrected chi connectivity index (χ1v) is 4.09. The van der Waals surface area contributed by atoms with Crippen molar-refractivity contribution in [3.05, 3.63) is 0 Å². The Balaban J connectivity index is 2.77. The maximum absolute atomic E-state index is 11.2. The number of carbonyl (C=O) groups is 1. The van der Waals surface area contributed by atoms with Gasteiger partial charge in [-0.3, -0.25) is 4.79 Å². The Hall–Kier alpha value is -0.530. The molecule has 0 N–H and O–H groups in total. The van der Waals surface area contributed by atoms with E-state index in [1.807, 2.05) is 0 Å². The fraction of sp³-hybridized carbons (Fsp3) is 0.889. The molecule has 0 spiro atoms. The van der Waals surface area contributed by atoms with Crippen molar-refractivity contribution in [1.82, 2.24) is 0 Å². The summed E-state index contributed by atoms with van der Waals surface area (Å²) in [4.78, 5) is 11.2. The van der Waals surface area contributed by atoms with Crippen LogP contribution in [0.5, 0.6) is 0 Å². The molecule has 11 heavy (non-hydrogen) atoms. The number of rotatable bonds is 0. The average molecular weight is 156 g/mol. The zero-order chi connectivity index (χ0) is 8.65. The lowest BCUT2D eigenvalue weighted by Crippen LogP contribution is -2.28. The second-order valence-electron chi connectivity index (χ2n) is 4.45. The Morgan fingerprint density at radius 1 is 1.45 bits per heavy atom. The van der Waals surface area contributed by atoms with Gasteiger partial charge in [0.2, 0.25) is 0 Å². The van der Waals surface area contributed by atoms with E-state index in [-0.39, 0.29) is 17.3 Å². The zero-order valence-electron chi connectivity index (χ0n) is 7.68. The minimum Gasteiger partial charge on any atom is -0.465 e. The lowest BCUT2D eigenvalue weighted by Gasteiger charge is -2.26. The van der Waals surface area contributed by atoms with Crippen LogP contribution < -0.4 is 0 Å². The first-order valence-electron chi connectivity index (χ1n) is 4.09. The monoisotopic (exact) mass is 156 g/mol. The van der Waals surface area contributed by atoms with E-state index in [9.17, 15) is 4.79 Å². The molecule has 0 aromatic carbocycles. The molecule has 0 aliphatic carbocycles. The molecule has 0 bridgehead atoms. The highest BCUT2D eigenvalue weighted by molar-refractivity contribution is 5.75. The maximum Gasteiger partial charge on any atom is 0.309 e. The van der Waals surface area contributed by atoms with E-state index in [0.717, 1.165) is 0 Å². The predicted octanol–water partition coefficient (Wildman–Crippen LogP) is 1.84. The molecule has 2 heteroatoms. The fourth-order valence-electron chi connectivity index (χ4n) is 1.84. The van der Waals surface area contributed by atoms with Crippen LogP contribution in [0.4, 0.5) is 0 Å². The third-order valence-electron chi connectivity index (χ3n) is 2.24. The number of hydrogen-bond donors (Lipinski definition) is 0.